The molecule has 1 atom stereocenters. The molecule has 2 heterocycles. The fourth-order valence-corrected chi connectivity index (χ4v) is 2.42. The number of pyridine rings is 1. The molecular formula is C16H25N3O3. The maximum absolute atomic E-state index is 12.2. The Morgan fingerprint density at radius 1 is 1.45 bits per heavy atom. The summed E-state index contributed by atoms with van der Waals surface area (Å²) in [6, 6.07) is 3.56. The van der Waals surface area contributed by atoms with E-state index in [1.165, 1.54) is 0 Å². The SMILES string of the molecule is CC(C)(C)OC(=O)N1CC(Oc2cccnc2N)C(C)(C)C1. The number of carbonyl (C=O) groups excluding carboxylic acids is 1. The summed E-state index contributed by atoms with van der Waals surface area (Å²) in [6.07, 6.45) is 1.15. The zero-order valence-corrected chi connectivity index (χ0v) is 13.9. The first kappa shape index (κ1) is 16.4. The number of amides is 1. The number of hydrogen-bond acceptors (Lipinski definition) is 5. The highest BCUT2D eigenvalue weighted by Gasteiger charge is 2.44. The minimum Gasteiger partial charge on any atom is -0.484 e. The lowest BCUT2D eigenvalue weighted by molar-refractivity contribution is 0.0272. The third-order valence-corrected chi connectivity index (χ3v) is 3.58. The molecule has 1 aromatic heterocycles. The molecule has 0 aliphatic carbocycles. The summed E-state index contributed by atoms with van der Waals surface area (Å²) >= 11 is 0. The normalized spacial score (nSPS) is 20.8. The molecule has 2 N–H and O–H groups in total. The van der Waals surface area contributed by atoms with Crippen LogP contribution in [0, 0.1) is 5.41 Å². The van der Waals surface area contributed by atoms with Gasteiger partial charge in [-0.3, -0.25) is 0 Å². The molecule has 1 unspecified atom stereocenters. The van der Waals surface area contributed by atoms with Crippen LogP contribution in [0.25, 0.3) is 0 Å². The van der Waals surface area contributed by atoms with E-state index < -0.39 is 5.60 Å². The second kappa shape index (κ2) is 5.66. The number of aromatic nitrogens is 1. The van der Waals surface area contributed by atoms with Crippen molar-refractivity contribution in [1.82, 2.24) is 9.88 Å². The lowest BCUT2D eigenvalue weighted by Gasteiger charge is -2.26. The van der Waals surface area contributed by atoms with Crippen molar-refractivity contribution < 1.29 is 14.3 Å². The summed E-state index contributed by atoms with van der Waals surface area (Å²) in [4.78, 5) is 17.9. The number of rotatable bonds is 2. The van der Waals surface area contributed by atoms with Crippen LogP contribution in [0.15, 0.2) is 18.3 Å². The van der Waals surface area contributed by atoms with Crippen molar-refractivity contribution in [2.75, 3.05) is 18.8 Å². The van der Waals surface area contributed by atoms with Crippen LogP contribution < -0.4 is 10.5 Å². The molecule has 1 aliphatic heterocycles. The van der Waals surface area contributed by atoms with Crippen molar-refractivity contribution in [2.24, 2.45) is 5.41 Å². The van der Waals surface area contributed by atoms with Gasteiger partial charge in [0.05, 0.1) is 6.54 Å². The third kappa shape index (κ3) is 3.81. The number of ether oxygens (including phenoxy) is 2. The van der Waals surface area contributed by atoms with Crippen LogP contribution >= 0.6 is 0 Å². The van der Waals surface area contributed by atoms with Gasteiger partial charge in [0.25, 0.3) is 0 Å². The van der Waals surface area contributed by atoms with E-state index in [1.54, 1.807) is 23.2 Å². The van der Waals surface area contributed by atoms with Gasteiger partial charge >= 0.3 is 6.09 Å². The van der Waals surface area contributed by atoms with Gasteiger partial charge < -0.3 is 20.1 Å². The van der Waals surface area contributed by atoms with E-state index in [9.17, 15) is 4.79 Å². The summed E-state index contributed by atoms with van der Waals surface area (Å²) in [6.45, 7) is 10.7. The molecule has 0 radical (unpaired) electrons. The van der Waals surface area contributed by atoms with Crippen LogP contribution in [0.2, 0.25) is 0 Å². The van der Waals surface area contributed by atoms with Gasteiger partial charge in [0.2, 0.25) is 0 Å². The van der Waals surface area contributed by atoms with E-state index in [-0.39, 0.29) is 17.6 Å². The van der Waals surface area contributed by atoms with Crippen molar-refractivity contribution in [2.45, 2.75) is 46.3 Å². The van der Waals surface area contributed by atoms with Crippen molar-refractivity contribution in [3.05, 3.63) is 18.3 Å². The van der Waals surface area contributed by atoms with Crippen LogP contribution in [0.3, 0.4) is 0 Å². The topological polar surface area (TPSA) is 77.7 Å². The van der Waals surface area contributed by atoms with Gasteiger partial charge in [-0.05, 0) is 32.9 Å². The first-order chi connectivity index (χ1) is 10.1. The third-order valence-electron chi connectivity index (χ3n) is 3.58. The Labute approximate surface area is 131 Å². The lowest BCUT2D eigenvalue weighted by atomic mass is 9.90. The monoisotopic (exact) mass is 307 g/mol. The number of anilines is 1. The summed E-state index contributed by atoms with van der Waals surface area (Å²) in [5.74, 6) is 0.903. The van der Waals surface area contributed by atoms with Gasteiger partial charge in [0, 0.05) is 18.2 Å². The predicted molar refractivity (Wildman–Crippen MR) is 84.7 cm³/mol. The number of nitrogens with two attached hydrogens (primary N) is 1. The van der Waals surface area contributed by atoms with Crippen LogP contribution in [0.4, 0.5) is 10.6 Å². The van der Waals surface area contributed by atoms with Crippen LogP contribution in [-0.2, 0) is 4.74 Å². The molecule has 1 amide bonds. The molecule has 1 fully saturated rings. The standard InChI is InChI=1S/C16H25N3O3/c1-15(2,3)22-14(20)19-9-12(16(4,5)10-19)21-11-7-6-8-18-13(11)17/h6-8,12H,9-10H2,1-5H3,(H2,17,18). The van der Waals surface area contributed by atoms with Crippen molar-refractivity contribution in [1.29, 1.82) is 0 Å². The van der Waals surface area contributed by atoms with E-state index in [1.807, 2.05) is 20.8 Å². The molecule has 6 heteroatoms. The van der Waals surface area contributed by atoms with E-state index in [2.05, 4.69) is 18.8 Å². The molecular weight excluding hydrogens is 282 g/mol. The zero-order valence-electron chi connectivity index (χ0n) is 13.9. The Morgan fingerprint density at radius 3 is 2.73 bits per heavy atom. The molecule has 1 aromatic rings. The second-order valence-electron chi connectivity index (χ2n) is 7.34. The molecule has 122 valence electrons. The highest BCUT2D eigenvalue weighted by Crippen LogP contribution is 2.34. The van der Waals surface area contributed by atoms with Crippen molar-refractivity contribution in [3.8, 4) is 5.75 Å². The Kier molecular flexibility index (Phi) is 4.22. The molecule has 6 nitrogen and oxygen atoms in total. The van der Waals surface area contributed by atoms with Gasteiger partial charge in [-0.2, -0.15) is 0 Å². The van der Waals surface area contributed by atoms with Crippen molar-refractivity contribution in [3.63, 3.8) is 0 Å². The van der Waals surface area contributed by atoms with E-state index in [4.69, 9.17) is 15.2 Å². The molecule has 0 spiro atoms. The summed E-state index contributed by atoms with van der Waals surface area (Å²) in [5, 5.41) is 0. The molecule has 1 aliphatic rings. The number of nitrogens with zero attached hydrogens (tertiary/aromatic N) is 2. The first-order valence-electron chi connectivity index (χ1n) is 7.43. The smallest absolute Gasteiger partial charge is 0.410 e. The Bertz CT molecular complexity index is 552. The average Bonchev–Trinajstić information content (AvgIpc) is 2.66. The molecule has 0 aromatic carbocycles. The number of likely N-dealkylation sites (tertiary alicyclic amines) is 1. The van der Waals surface area contributed by atoms with Gasteiger partial charge in [-0.1, -0.05) is 13.8 Å². The highest BCUT2D eigenvalue weighted by molar-refractivity contribution is 5.68. The number of carbonyl (C=O) groups is 1. The predicted octanol–water partition coefficient (Wildman–Crippen LogP) is 2.69. The number of nitrogen functional groups attached to an aromatic ring is 1. The lowest BCUT2D eigenvalue weighted by Crippen LogP contribution is -2.36. The summed E-state index contributed by atoms with van der Waals surface area (Å²) in [5.41, 5.74) is 5.12. The van der Waals surface area contributed by atoms with Gasteiger partial charge in [-0.25, -0.2) is 9.78 Å². The molecule has 0 saturated carbocycles. The summed E-state index contributed by atoms with van der Waals surface area (Å²) in [7, 11) is 0. The highest BCUT2D eigenvalue weighted by atomic mass is 16.6. The minimum atomic E-state index is -0.506. The molecule has 22 heavy (non-hydrogen) atoms. The van der Waals surface area contributed by atoms with E-state index >= 15 is 0 Å². The van der Waals surface area contributed by atoms with Gasteiger partial charge in [0.15, 0.2) is 11.6 Å². The molecule has 2 rings (SSSR count). The van der Waals surface area contributed by atoms with E-state index in [0.29, 0.717) is 24.7 Å². The first-order valence-corrected chi connectivity index (χ1v) is 7.43. The fourth-order valence-electron chi connectivity index (χ4n) is 2.42. The van der Waals surface area contributed by atoms with Crippen LogP contribution in [0.5, 0.6) is 5.75 Å². The second-order valence-corrected chi connectivity index (χ2v) is 7.34. The maximum atomic E-state index is 12.2. The Hall–Kier alpha value is -1.98. The maximum Gasteiger partial charge on any atom is 0.410 e. The summed E-state index contributed by atoms with van der Waals surface area (Å²) < 4.78 is 11.4. The molecule has 0 bridgehead atoms. The van der Waals surface area contributed by atoms with Gasteiger partial charge in [-0.15, -0.1) is 0 Å². The zero-order chi connectivity index (χ0) is 16.5. The fraction of sp³-hybridized carbons (Fsp3) is 0.625. The molecule has 1 saturated heterocycles. The quantitative estimate of drug-likeness (QED) is 0.909. The minimum absolute atomic E-state index is 0.161. The largest absolute Gasteiger partial charge is 0.484 e. The Balaban J connectivity index is 2.08. The average molecular weight is 307 g/mol. The Morgan fingerprint density at radius 2 is 2.14 bits per heavy atom. The van der Waals surface area contributed by atoms with Crippen LogP contribution in [-0.4, -0.2) is 40.8 Å². The van der Waals surface area contributed by atoms with Crippen molar-refractivity contribution >= 4 is 11.9 Å². The van der Waals surface area contributed by atoms with Crippen LogP contribution in [0.1, 0.15) is 34.6 Å². The van der Waals surface area contributed by atoms with Gasteiger partial charge in [0.1, 0.15) is 11.7 Å². The number of hydrogen-bond donors (Lipinski definition) is 1. The van der Waals surface area contributed by atoms with E-state index in [0.717, 1.165) is 0 Å².